The number of carbonyl (C=O) groups is 2. The predicted octanol–water partition coefficient (Wildman–Crippen LogP) is 2.95. The largest absolute Gasteiger partial charge is 0.351 e. The Labute approximate surface area is 157 Å². The lowest BCUT2D eigenvalue weighted by atomic mass is 10.0. The fraction of sp³-hybridized carbons (Fsp3) is 0.450. The molecule has 1 heterocycles. The van der Waals surface area contributed by atoms with Crippen LogP contribution in [0.2, 0.25) is 0 Å². The standard InChI is InChI=1S/C20H23FN4O2/c21-14-7-5-13(6-8-14)18(19(26)23-15-3-1-2-4-15)25(16-9-10-16)20(27)17-11-12-22-24-17/h5-8,11-12,15-16,18H,1-4,9-10H2,(H,22,24)(H,23,26). The third kappa shape index (κ3) is 3.86. The molecule has 6 nitrogen and oxygen atoms in total. The Kier molecular flexibility index (Phi) is 4.92. The zero-order chi connectivity index (χ0) is 18.8. The summed E-state index contributed by atoms with van der Waals surface area (Å²) in [6, 6.07) is 6.80. The van der Waals surface area contributed by atoms with Gasteiger partial charge in [-0.15, -0.1) is 0 Å². The molecule has 2 aliphatic carbocycles. The molecular weight excluding hydrogens is 347 g/mol. The van der Waals surface area contributed by atoms with E-state index >= 15 is 0 Å². The second-order valence-corrected chi connectivity index (χ2v) is 7.36. The fourth-order valence-corrected chi connectivity index (χ4v) is 3.79. The average Bonchev–Trinajstić information content (AvgIpc) is 3.11. The van der Waals surface area contributed by atoms with Crippen LogP contribution in [0.15, 0.2) is 36.5 Å². The first-order valence-corrected chi connectivity index (χ1v) is 9.51. The van der Waals surface area contributed by atoms with Crippen LogP contribution in [0.4, 0.5) is 4.39 Å². The van der Waals surface area contributed by atoms with Gasteiger partial charge in [0.25, 0.3) is 5.91 Å². The van der Waals surface area contributed by atoms with E-state index in [-0.39, 0.29) is 29.7 Å². The van der Waals surface area contributed by atoms with Crippen molar-refractivity contribution in [3.8, 4) is 0 Å². The lowest BCUT2D eigenvalue weighted by Crippen LogP contribution is -2.47. The van der Waals surface area contributed by atoms with Gasteiger partial charge < -0.3 is 10.2 Å². The first-order valence-electron chi connectivity index (χ1n) is 9.51. The first-order chi connectivity index (χ1) is 13.1. The number of amides is 2. The highest BCUT2D eigenvalue weighted by atomic mass is 19.1. The quantitative estimate of drug-likeness (QED) is 0.821. The number of rotatable bonds is 6. The van der Waals surface area contributed by atoms with Crippen LogP contribution >= 0.6 is 0 Å². The molecule has 1 unspecified atom stereocenters. The minimum absolute atomic E-state index is 0.00480. The van der Waals surface area contributed by atoms with Crippen molar-refractivity contribution in [1.29, 1.82) is 0 Å². The van der Waals surface area contributed by atoms with Crippen molar-refractivity contribution >= 4 is 11.8 Å². The summed E-state index contributed by atoms with van der Waals surface area (Å²) >= 11 is 0. The molecule has 1 aromatic heterocycles. The summed E-state index contributed by atoms with van der Waals surface area (Å²) in [5.41, 5.74) is 0.967. The van der Waals surface area contributed by atoms with Gasteiger partial charge >= 0.3 is 0 Å². The normalized spacial score (nSPS) is 18.3. The maximum atomic E-state index is 13.4. The molecule has 0 spiro atoms. The van der Waals surface area contributed by atoms with E-state index in [1.54, 1.807) is 23.1 Å². The molecule has 0 saturated heterocycles. The fourth-order valence-electron chi connectivity index (χ4n) is 3.79. The van der Waals surface area contributed by atoms with Gasteiger partial charge in [0.2, 0.25) is 5.91 Å². The molecule has 7 heteroatoms. The first kappa shape index (κ1) is 17.7. The third-order valence-corrected chi connectivity index (χ3v) is 5.32. The highest BCUT2D eigenvalue weighted by molar-refractivity contribution is 5.97. The van der Waals surface area contributed by atoms with Gasteiger partial charge in [0.05, 0.1) is 0 Å². The second kappa shape index (κ2) is 7.50. The minimum atomic E-state index is -0.783. The summed E-state index contributed by atoms with van der Waals surface area (Å²) < 4.78 is 13.4. The predicted molar refractivity (Wildman–Crippen MR) is 97.3 cm³/mol. The number of hydrogen-bond acceptors (Lipinski definition) is 3. The summed E-state index contributed by atoms with van der Waals surface area (Å²) in [4.78, 5) is 27.9. The number of nitrogens with one attached hydrogen (secondary N) is 2. The van der Waals surface area contributed by atoms with Crippen LogP contribution in [0.5, 0.6) is 0 Å². The van der Waals surface area contributed by atoms with E-state index in [0.29, 0.717) is 11.3 Å². The average molecular weight is 370 g/mol. The molecule has 2 saturated carbocycles. The maximum Gasteiger partial charge on any atom is 0.273 e. The molecule has 2 aliphatic rings. The Bertz CT molecular complexity index is 796. The number of hydrogen-bond donors (Lipinski definition) is 2. The van der Waals surface area contributed by atoms with Crippen molar-refractivity contribution < 1.29 is 14.0 Å². The molecule has 0 bridgehead atoms. The third-order valence-electron chi connectivity index (χ3n) is 5.32. The van der Waals surface area contributed by atoms with Crippen molar-refractivity contribution in [3.05, 3.63) is 53.6 Å². The lowest BCUT2D eigenvalue weighted by molar-refractivity contribution is -0.126. The number of aromatic amines is 1. The van der Waals surface area contributed by atoms with E-state index in [1.807, 2.05) is 0 Å². The van der Waals surface area contributed by atoms with Crippen LogP contribution in [0, 0.1) is 5.82 Å². The molecule has 1 aromatic carbocycles. The topological polar surface area (TPSA) is 78.1 Å². The SMILES string of the molecule is O=C(NC1CCCC1)C(c1ccc(F)cc1)N(C(=O)c1ccn[nH]1)C1CC1. The van der Waals surface area contributed by atoms with Gasteiger partial charge in [-0.2, -0.15) is 5.10 Å². The number of nitrogens with zero attached hydrogens (tertiary/aromatic N) is 2. The number of H-pyrrole nitrogens is 1. The molecule has 1 atom stereocenters. The van der Waals surface area contributed by atoms with E-state index in [0.717, 1.165) is 38.5 Å². The molecule has 2 fully saturated rings. The van der Waals surface area contributed by atoms with Crippen LogP contribution in [0.25, 0.3) is 0 Å². The van der Waals surface area contributed by atoms with Crippen LogP contribution < -0.4 is 5.32 Å². The summed E-state index contributed by atoms with van der Waals surface area (Å²) in [5.74, 6) is -0.828. The number of carbonyl (C=O) groups excluding carboxylic acids is 2. The molecule has 2 aromatic rings. The Morgan fingerprint density at radius 1 is 1.11 bits per heavy atom. The van der Waals surface area contributed by atoms with Gasteiger partial charge in [-0.1, -0.05) is 25.0 Å². The van der Waals surface area contributed by atoms with Crippen LogP contribution in [-0.4, -0.2) is 39.0 Å². The van der Waals surface area contributed by atoms with Gasteiger partial charge in [0.15, 0.2) is 0 Å². The molecular formula is C20H23FN4O2. The molecule has 2 amide bonds. The summed E-state index contributed by atoms with van der Waals surface area (Å²) in [6.45, 7) is 0. The smallest absolute Gasteiger partial charge is 0.273 e. The monoisotopic (exact) mass is 370 g/mol. The van der Waals surface area contributed by atoms with Crippen molar-refractivity contribution in [2.75, 3.05) is 0 Å². The lowest BCUT2D eigenvalue weighted by Gasteiger charge is -2.32. The van der Waals surface area contributed by atoms with E-state index in [2.05, 4.69) is 15.5 Å². The molecule has 0 aliphatic heterocycles. The van der Waals surface area contributed by atoms with E-state index in [1.165, 1.54) is 18.3 Å². The van der Waals surface area contributed by atoms with Crippen LogP contribution in [-0.2, 0) is 4.79 Å². The molecule has 4 rings (SSSR count). The Balaban J connectivity index is 1.67. The molecule has 0 radical (unpaired) electrons. The zero-order valence-corrected chi connectivity index (χ0v) is 15.0. The number of aromatic nitrogens is 2. The summed E-state index contributed by atoms with van der Waals surface area (Å²) in [6.07, 6.45) is 7.35. The molecule has 142 valence electrons. The van der Waals surface area contributed by atoms with Crippen molar-refractivity contribution in [2.24, 2.45) is 0 Å². The van der Waals surface area contributed by atoms with Crippen molar-refractivity contribution in [1.82, 2.24) is 20.4 Å². The Morgan fingerprint density at radius 3 is 2.41 bits per heavy atom. The minimum Gasteiger partial charge on any atom is -0.351 e. The van der Waals surface area contributed by atoms with Gasteiger partial charge in [-0.25, -0.2) is 4.39 Å². The van der Waals surface area contributed by atoms with E-state index < -0.39 is 6.04 Å². The van der Waals surface area contributed by atoms with Gasteiger partial charge in [-0.3, -0.25) is 14.7 Å². The van der Waals surface area contributed by atoms with Crippen molar-refractivity contribution in [2.45, 2.75) is 56.7 Å². The van der Waals surface area contributed by atoms with Crippen LogP contribution in [0.1, 0.15) is 60.6 Å². The number of halogens is 1. The molecule has 27 heavy (non-hydrogen) atoms. The van der Waals surface area contributed by atoms with Gasteiger partial charge in [-0.05, 0) is 49.4 Å². The molecule has 2 N–H and O–H groups in total. The zero-order valence-electron chi connectivity index (χ0n) is 15.0. The van der Waals surface area contributed by atoms with Crippen molar-refractivity contribution in [3.63, 3.8) is 0 Å². The van der Waals surface area contributed by atoms with Gasteiger partial charge in [0.1, 0.15) is 17.6 Å². The Morgan fingerprint density at radius 2 is 1.81 bits per heavy atom. The second-order valence-electron chi connectivity index (χ2n) is 7.36. The highest BCUT2D eigenvalue weighted by Gasteiger charge is 2.42. The summed E-state index contributed by atoms with van der Waals surface area (Å²) in [7, 11) is 0. The van der Waals surface area contributed by atoms with Gasteiger partial charge in [0, 0.05) is 18.3 Å². The Hall–Kier alpha value is -2.70. The maximum absolute atomic E-state index is 13.4. The summed E-state index contributed by atoms with van der Waals surface area (Å²) in [5, 5.41) is 9.65. The van der Waals surface area contributed by atoms with Crippen LogP contribution in [0.3, 0.4) is 0 Å². The van der Waals surface area contributed by atoms with E-state index in [9.17, 15) is 14.0 Å². The van der Waals surface area contributed by atoms with E-state index in [4.69, 9.17) is 0 Å². The highest BCUT2D eigenvalue weighted by Crippen LogP contribution is 2.36. The number of benzene rings is 1.